The largest absolute Gasteiger partial charge is 0.465 e. The Hall–Kier alpha value is -0.580. The van der Waals surface area contributed by atoms with E-state index in [0.717, 1.165) is 38.0 Å². The number of hydrogen-bond acceptors (Lipinski definition) is 4. The van der Waals surface area contributed by atoms with E-state index in [1.54, 1.807) is 0 Å². The zero-order valence-corrected chi connectivity index (χ0v) is 20.0. The molecule has 5 heteroatoms. The third-order valence-electron chi connectivity index (χ3n) is 6.92. The highest BCUT2D eigenvalue weighted by atomic mass is 35.5. The van der Waals surface area contributed by atoms with Gasteiger partial charge in [-0.1, -0.05) is 39.5 Å². The second-order valence-corrected chi connectivity index (χ2v) is 10.5. The molecule has 0 spiro atoms. The minimum Gasteiger partial charge on any atom is -0.465 e. The van der Waals surface area contributed by atoms with Gasteiger partial charge in [-0.25, -0.2) is 4.79 Å². The van der Waals surface area contributed by atoms with Gasteiger partial charge in [-0.3, -0.25) is 0 Å². The lowest BCUT2D eigenvalue weighted by atomic mass is 9.62. The molecule has 1 aromatic heterocycles. The number of esters is 1. The lowest BCUT2D eigenvalue weighted by Crippen LogP contribution is -2.40. The molecule has 29 heavy (non-hydrogen) atoms. The van der Waals surface area contributed by atoms with Crippen molar-refractivity contribution in [2.75, 3.05) is 7.11 Å². The molecule has 3 nitrogen and oxygen atoms in total. The fourth-order valence-electron chi connectivity index (χ4n) is 4.72. The Labute approximate surface area is 186 Å². The van der Waals surface area contributed by atoms with Gasteiger partial charge >= 0.3 is 5.97 Å². The number of aryl methyl sites for hydroxylation is 1. The van der Waals surface area contributed by atoms with E-state index >= 15 is 0 Å². The van der Waals surface area contributed by atoms with Crippen molar-refractivity contribution >= 4 is 28.9 Å². The van der Waals surface area contributed by atoms with E-state index in [2.05, 4.69) is 18.6 Å². The number of carbonyl (C=O) groups is 1. The number of ether oxygens (including phenoxy) is 1. The SMILES string of the molecule is CCC1(C(O)CCC[C@@H]2CCC[C@@H]2Cl)CCC1.CCCc1ccc(C(=O)OC)s1. The first-order valence-electron chi connectivity index (χ1n) is 11.4. The summed E-state index contributed by atoms with van der Waals surface area (Å²) in [6.45, 7) is 4.35. The normalized spacial score (nSPS) is 23.6. The number of rotatable bonds is 9. The Balaban J connectivity index is 0.000000221. The minimum atomic E-state index is -0.234. The molecule has 0 aliphatic heterocycles. The number of methoxy groups -OCH3 is 1. The summed E-state index contributed by atoms with van der Waals surface area (Å²) in [5.41, 5.74) is 0.288. The smallest absolute Gasteiger partial charge is 0.348 e. The van der Waals surface area contributed by atoms with Crippen LogP contribution in [0.2, 0.25) is 0 Å². The van der Waals surface area contributed by atoms with E-state index < -0.39 is 0 Å². The van der Waals surface area contributed by atoms with Gasteiger partial charge in [0.05, 0.1) is 13.2 Å². The van der Waals surface area contributed by atoms with Crippen molar-refractivity contribution in [2.45, 2.75) is 102 Å². The maximum Gasteiger partial charge on any atom is 0.348 e. The van der Waals surface area contributed by atoms with Gasteiger partial charge in [0.15, 0.2) is 0 Å². The number of hydrogen-bond donors (Lipinski definition) is 1. The number of aliphatic hydroxyl groups is 1. The Morgan fingerprint density at radius 2 is 2.07 bits per heavy atom. The summed E-state index contributed by atoms with van der Waals surface area (Å²) < 4.78 is 4.60. The molecule has 2 fully saturated rings. The highest BCUT2D eigenvalue weighted by Gasteiger charge is 2.41. The van der Waals surface area contributed by atoms with Gasteiger partial charge in [0, 0.05) is 10.3 Å². The quantitative estimate of drug-likeness (QED) is 0.331. The third-order valence-corrected chi connectivity index (χ3v) is 8.62. The van der Waals surface area contributed by atoms with Crippen molar-refractivity contribution < 1.29 is 14.6 Å². The van der Waals surface area contributed by atoms with E-state index in [-0.39, 0.29) is 17.5 Å². The van der Waals surface area contributed by atoms with Crippen molar-refractivity contribution in [3.8, 4) is 0 Å². The molecule has 2 aliphatic carbocycles. The standard InChI is InChI=1S/C15H27ClO.C9H12O2S/c1-2-15(10-5-11-15)14(17)9-4-7-12-6-3-8-13(12)16;1-3-4-7-5-6-8(12-7)9(10)11-2/h12-14,17H,2-11H2,1H3;5-6H,3-4H2,1-2H3/t12-,13-,14?;/m0./s1. The Bertz CT molecular complexity index is 606. The van der Waals surface area contributed by atoms with Crippen LogP contribution in [0.5, 0.6) is 0 Å². The van der Waals surface area contributed by atoms with Crippen molar-refractivity contribution in [1.29, 1.82) is 0 Å². The van der Waals surface area contributed by atoms with Crippen LogP contribution in [0.3, 0.4) is 0 Å². The first-order chi connectivity index (χ1) is 14.0. The van der Waals surface area contributed by atoms with Crippen LogP contribution in [0.4, 0.5) is 0 Å². The maximum atomic E-state index is 11.0. The predicted octanol–water partition coefficient (Wildman–Crippen LogP) is 6.99. The van der Waals surface area contributed by atoms with E-state index in [1.807, 2.05) is 12.1 Å². The van der Waals surface area contributed by atoms with Crippen LogP contribution in [0.15, 0.2) is 12.1 Å². The lowest BCUT2D eigenvalue weighted by molar-refractivity contribution is -0.0435. The van der Waals surface area contributed by atoms with Crippen LogP contribution in [-0.2, 0) is 11.2 Å². The summed E-state index contributed by atoms with van der Waals surface area (Å²) in [6.07, 6.45) is 14.2. The highest BCUT2D eigenvalue weighted by Crippen LogP contribution is 2.48. The molecule has 1 unspecified atom stereocenters. The number of aliphatic hydroxyl groups excluding tert-OH is 1. The van der Waals surface area contributed by atoms with Crippen molar-refractivity contribution in [2.24, 2.45) is 11.3 Å². The summed E-state index contributed by atoms with van der Waals surface area (Å²) in [5, 5.41) is 10.7. The van der Waals surface area contributed by atoms with Crippen LogP contribution in [-0.4, -0.2) is 29.7 Å². The first-order valence-corrected chi connectivity index (χ1v) is 12.7. The molecule has 0 saturated heterocycles. The molecule has 1 N–H and O–H groups in total. The number of alkyl halides is 1. The molecule has 3 atom stereocenters. The van der Waals surface area contributed by atoms with E-state index in [4.69, 9.17) is 11.6 Å². The fourth-order valence-corrected chi connectivity index (χ4v) is 6.15. The van der Waals surface area contributed by atoms with Crippen molar-refractivity contribution in [1.82, 2.24) is 0 Å². The lowest BCUT2D eigenvalue weighted by Gasteiger charge is -2.45. The van der Waals surface area contributed by atoms with Gasteiger partial charge in [0.1, 0.15) is 4.88 Å². The van der Waals surface area contributed by atoms with Gasteiger partial charge in [-0.2, -0.15) is 0 Å². The van der Waals surface area contributed by atoms with Gasteiger partial charge in [-0.15, -0.1) is 22.9 Å². The summed E-state index contributed by atoms with van der Waals surface area (Å²) in [7, 11) is 1.40. The third kappa shape index (κ3) is 6.97. The number of halogens is 1. The average Bonchev–Trinajstić information content (AvgIpc) is 3.31. The van der Waals surface area contributed by atoms with E-state index in [0.29, 0.717) is 10.3 Å². The number of thiophene rings is 1. The molecule has 0 radical (unpaired) electrons. The molecular weight excluding hydrogens is 404 g/mol. The van der Waals surface area contributed by atoms with Gasteiger partial charge in [0.2, 0.25) is 0 Å². The van der Waals surface area contributed by atoms with Crippen LogP contribution in [0, 0.1) is 11.3 Å². The number of carbonyl (C=O) groups excluding carboxylic acids is 1. The molecule has 0 bridgehead atoms. The van der Waals surface area contributed by atoms with Crippen molar-refractivity contribution in [3.63, 3.8) is 0 Å². The second kappa shape index (κ2) is 12.3. The molecular formula is C24H39ClO3S. The molecule has 0 amide bonds. The molecule has 2 saturated carbocycles. The Morgan fingerprint density at radius 1 is 1.31 bits per heavy atom. The monoisotopic (exact) mass is 442 g/mol. The predicted molar refractivity (Wildman–Crippen MR) is 123 cm³/mol. The molecule has 3 rings (SSSR count). The first kappa shape index (κ1) is 24.7. The van der Waals surface area contributed by atoms with Crippen LogP contribution in [0.25, 0.3) is 0 Å². The zero-order chi connectivity index (χ0) is 21.3. The van der Waals surface area contributed by atoms with Crippen LogP contribution < -0.4 is 0 Å². The van der Waals surface area contributed by atoms with Crippen LogP contribution in [0.1, 0.15) is 99.0 Å². The van der Waals surface area contributed by atoms with Gasteiger partial charge in [-0.05, 0) is 74.8 Å². The summed E-state index contributed by atoms with van der Waals surface area (Å²) in [5.74, 6) is 0.491. The minimum absolute atomic E-state index is 0.0589. The van der Waals surface area contributed by atoms with Crippen LogP contribution >= 0.6 is 22.9 Å². The molecule has 1 aromatic rings. The molecule has 166 valence electrons. The second-order valence-electron chi connectivity index (χ2n) is 8.73. The topological polar surface area (TPSA) is 46.5 Å². The summed E-state index contributed by atoms with van der Waals surface area (Å²) in [6, 6.07) is 3.81. The fraction of sp³-hybridized carbons (Fsp3) is 0.792. The molecule has 1 heterocycles. The molecule has 0 aromatic carbocycles. The van der Waals surface area contributed by atoms with E-state index in [1.165, 1.54) is 68.3 Å². The molecule has 2 aliphatic rings. The average molecular weight is 443 g/mol. The highest BCUT2D eigenvalue weighted by molar-refractivity contribution is 7.13. The Kier molecular flexibility index (Phi) is 10.5. The maximum absolute atomic E-state index is 11.0. The summed E-state index contributed by atoms with van der Waals surface area (Å²) in [4.78, 5) is 13.0. The zero-order valence-electron chi connectivity index (χ0n) is 18.4. The van der Waals surface area contributed by atoms with E-state index in [9.17, 15) is 9.90 Å². The van der Waals surface area contributed by atoms with Crippen molar-refractivity contribution in [3.05, 3.63) is 21.9 Å². The van der Waals surface area contributed by atoms with Gasteiger partial charge < -0.3 is 9.84 Å². The summed E-state index contributed by atoms with van der Waals surface area (Å²) >= 11 is 7.80. The van der Waals surface area contributed by atoms with Gasteiger partial charge in [0.25, 0.3) is 0 Å². The Morgan fingerprint density at radius 3 is 2.59 bits per heavy atom.